The fourth-order valence-electron chi connectivity index (χ4n) is 3.61. The summed E-state index contributed by atoms with van der Waals surface area (Å²) >= 11 is 0. The van der Waals surface area contributed by atoms with E-state index in [2.05, 4.69) is 6.92 Å². The van der Waals surface area contributed by atoms with Crippen molar-refractivity contribution in [2.75, 3.05) is 26.4 Å². The number of hydrogen-bond donors (Lipinski definition) is 0. The van der Waals surface area contributed by atoms with E-state index in [1.54, 1.807) is 12.1 Å². The molecule has 7 heteroatoms. The molecule has 2 heterocycles. The number of hydrogen-bond acceptors (Lipinski definition) is 4. The number of nitrogens with zero attached hydrogens (tertiary/aromatic N) is 4. The van der Waals surface area contributed by atoms with Crippen LogP contribution in [0.25, 0.3) is 16.9 Å². The summed E-state index contributed by atoms with van der Waals surface area (Å²) in [6, 6.07) is 9.39. The van der Waals surface area contributed by atoms with Crippen LogP contribution in [0.2, 0.25) is 0 Å². The first kappa shape index (κ1) is 21.7. The molecule has 0 fully saturated rings. The van der Waals surface area contributed by atoms with Gasteiger partial charge in [0.15, 0.2) is 5.65 Å². The van der Waals surface area contributed by atoms with Gasteiger partial charge in [-0.1, -0.05) is 6.92 Å². The number of halogens is 1. The molecule has 0 atom stereocenters. The molecule has 0 radical (unpaired) electrons. The minimum absolute atomic E-state index is 0.0282. The minimum Gasteiger partial charge on any atom is -0.491 e. The maximum absolute atomic E-state index is 12.9. The predicted octanol–water partition coefficient (Wildman–Crippen LogP) is 4.03. The molecule has 30 heavy (non-hydrogen) atoms. The van der Waals surface area contributed by atoms with Gasteiger partial charge in [-0.15, -0.1) is 0 Å². The van der Waals surface area contributed by atoms with Gasteiger partial charge in [-0.25, -0.2) is 13.9 Å². The molecule has 0 saturated heterocycles. The standard InChI is InChI=1S/C23H29FN4O2/c1-5-18-14-16(4)25-23-20(15-21(29)27(6-2)7-3)22(26-28(18)23)17-8-10-19(11-9-17)30-13-12-24/h8-11,14H,5-7,12-13,15H2,1-4H3. The summed E-state index contributed by atoms with van der Waals surface area (Å²) in [6.07, 6.45) is 1.04. The summed E-state index contributed by atoms with van der Waals surface area (Å²) in [5.74, 6) is 0.657. The van der Waals surface area contributed by atoms with Crippen molar-refractivity contribution in [3.63, 3.8) is 0 Å². The van der Waals surface area contributed by atoms with Crippen LogP contribution < -0.4 is 4.74 Å². The highest BCUT2D eigenvalue weighted by molar-refractivity contribution is 5.84. The number of benzene rings is 1. The third-order valence-electron chi connectivity index (χ3n) is 5.17. The van der Waals surface area contributed by atoms with Crippen LogP contribution in [0.15, 0.2) is 30.3 Å². The van der Waals surface area contributed by atoms with Gasteiger partial charge in [0.1, 0.15) is 19.0 Å². The number of fused-ring (bicyclic) bond motifs is 1. The Balaban J connectivity index is 2.11. The maximum atomic E-state index is 12.9. The first-order chi connectivity index (χ1) is 14.5. The Morgan fingerprint density at radius 3 is 2.47 bits per heavy atom. The van der Waals surface area contributed by atoms with E-state index in [4.69, 9.17) is 14.8 Å². The highest BCUT2D eigenvalue weighted by atomic mass is 19.1. The van der Waals surface area contributed by atoms with Crippen molar-refractivity contribution in [3.05, 3.63) is 47.3 Å². The molecule has 0 N–H and O–H groups in total. The summed E-state index contributed by atoms with van der Waals surface area (Å²) in [4.78, 5) is 19.5. The van der Waals surface area contributed by atoms with Gasteiger partial charge in [-0.05, 0) is 57.5 Å². The van der Waals surface area contributed by atoms with Crippen LogP contribution in [-0.4, -0.2) is 51.8 Å². The van der Waals surface area contributed by atoms with E-state index in [1.807, 2.05) is 48.4 Å². The van der Waals surface area contributed by atoms with Crippen LogP contribution in [-0.2, 0) is 17.6 Å². The first-order valence-corrected chi connectivity index (χ1v) is 10.5. The first-order valence-electron chi connectivity index (χ1n) is 10.5. The topological polar surface area (TPSA) is 59.7 Å². The molecule has 0 unspecified atom stereocenters. The molecule has 0 aliphatic carbocycles. The van der Waals surface area contributed by atoms with E-state index < -0.39 is 6.67 Å². The van der Waals surface area contributed by atoms with Crippen molar-refractivity contribution in [2.45, 2.75) is 40.5 Å². The van der Waals surface area contributed by atoms with Crippen LogP contribution in [0.3, 0.4) is 0 Å². The number of alkyl halides is 1. The van der Waals surface area contributed by atoms with E-state index >= 15 is 0 Å². The van der Waals surface area contributed by atoms with Crippen molar-refractivity contribution < 1.29 is 13.9 Å². The predicted molar refractivity (Wildman–Crippen MR) is 116 cm³/mol. The second kappa shape index (κ2) is 9.69. The second-order valence-electron chi connectivity index (χ2n) is 7.11. The zero-order valence-electron chi connectivity index (χ0n) is 18.1. The number of aromatic nitrogens is 3. The van der Waals surface area contributed by atoms with Gasteiger partial charge in [0, 0.05) is 35.6 Å². The van der Waals surface area contributed by atoms with Crippen LogP contribution in [0.1, 0.15) is 37.7 Å². The molecule has 1 aromatic carbocycles. The van der Waals surface area contributed by atoms with E-state index in [9.17, 15) is 9.18 Å². The van der Waals surface area contributed by atoms with Crippen molar-refractivity contribution in [1.82, 2.24) is 19.5 Å². The molecule has 1 amide bonds. The quantitative estimate of drug-likeness (QED) is 0.533. The number of ether oxygens (including phenoxy) is 1. The Bertz CT molecular complexity index is 1010. The highest BCUT2D eigenvalue weighted by Crippen LogP contribution is 2.29. The number of aryl methyl sites for hydroxylation is 2. The third-order valence-corrected chi connectivity index (χ3v) is 5.17. The van der Waals surface area contributed by atoms with Crippen LogP contribution in [0.4, 0.5) is 4.39 Å². The molecule has 0 aliphatic heterocycles. The largest absolute Gasteiger partial charge is 0.491 e. The van der Waals surface area contributed by atoms with Crippen molar-refractivity contribution >= 4 is 11.6 Å². The number of amides is 1. The number of carbonyl (C=O) groups is 1. The van der Waals surface area contributed by atoms with E-state index in [-0.39, 0.29) is 18.9 Å². The highest BCUT2D eigenvalue weighted by Gasteiger charge is 2.22. The van der Waals surface area contributed by atoms with E-state index in [0.29, 0.717) is 18.8 Å². The second-order valence-corrected chi connectivity index (χ2v) is 7.11. The van der Waals surface area contributed by atoms with Gasteiger partial charge >= 0.3 is 0 Å². The lowest BCUT2D eigenvalue weighted by atomic mass is 10.0. The van der Waals surface area contributed by atoms with Crippen LogP contribution in [0.5, 0.6) is 5.75 Å². The molecule has 0 spiro atoms. The van der Waals surface area contributed by atoms with Crippen LogP contribution in [0, 0.1) is 6.92 Å². The van der Waals surface area contributed by atoms with Gasteiger partial charge in [-0.2, -0.15) is 5.10 Å². The van der Waals surface area contributed by atoms with Gasteiger partial charge in [0.05, 0.1) is 12.1 Å². The van der Waals surface area contributed by atoms with Crippen molar-refractivity contribution in [2.24, 2.45) is 0 Å². The summed E-state index contributed by atoms with van der Waals surface area (Å²) < 4.78 is 19.5. The summed E-state index contributed by atoms with van der Waals surface area (Å²) in [5.41, 5.74) is 5.10. The smallest absolute Gasteiger partial charge is 0.227 e. The normalized spacial score (nSPS) is 11.1. The number of rotatable bonds is 9. The Hall–Kier alpha value is -2.96. The average molecular weight is 413 g/mol. The molecule has 0 aliphatic rings. The molecule has 2 aromatic heterocycles. The Labute approximate surface area is 176 Å². The summed E-state index contributed by atoms with van der Waals surface area (Å²) in [7, 11) is 0. The molecular weight excluding hydrogens is 383 g/mol. The number of carbonyl (C=O) groups excluding carboxylic acids is 1. The van der Waals surface area contributed by atoms with E-state index in [0.717, 1.165) is 40.3 Å². The minimum atomic E-state index is -0.531. The zero-order valence-corrected chi connectivity index (χ0v) is 18.1. The fourth-order valence-corrected chi connectivity index (χ4v) is 3.61. The fraction of sp³-hybridized carbons (Fsp3) is 0.435. The summed E-state index contributed by atoms with van der Waals surface area (Å²) in [6.45, 7) is 8.82. The lowest BCUT2D eigenvalue weighted by Gasteiger charge is -2.18. The molecular formula is C23H29FN4O2. The average Bonchev–Trinajstić information content (AvgIpc) is 3.11. The van der Waals surface area contributed by atoms with Crippen molar-refractivity contribution in [1.29, 1.82) is 0 Å². The van der Waals surface area contributed by atoms with Gasteiger partial charge in [0.2, 0.25) is 5.91 Å². The lowest BCUT2D eigenvalue weighted by Crippen LogP contribution is -2.31. The third kappa shape index (κ3) is 4.45. The van der Waals surface area contributed by atoms with Crippen molar-refractivity contribution in [3.8, 4) is 17.0 Å². The molecule has 3 aromatic rings. The monoisotopic (exact) mass is 412 g/mol. The lowest BCUT2D eigenvalue weighted by molar-refractivity contribution is -0.130. The zero-order chi connectivity index (χ0) is 21.7. The Morgan fingerprint density at radius 1 is 1.17 bits per heavy atom. The maximum Gasteiger partial charge on any atom is 0.227 e. The SMILES string of the molecule is CCc1cc(C)nc2c(CC(=O)N(CC)CC)c(-c3ccc(OCCF)cc3)nn12. The van der Waals surface area contributed by atoms with Gasteiger partial charge in [0.25, 0.3) is 0 Å². The Morgan fingerprint density at radius 2 is 1.87 bits per heavy atom. The van der Waals surface area contributed by atoms with E-state index in [1.165, 1.54) is 0 Å². The Kier molecular flexibility index (Phi) is 7.03. The molecule has 0 saturated carbocycles. The van der Waals surface area contributed by atoms with Crippen LogP contribution >= 0.6 is 0 Å². The molecule has 3 rings (SSSR count). The molecule has 6 nitrogen and oxygen atoms in total. The van der Waals surface area contributed by atoms with Gasteiger partial charge < -0.3 is 9.64 Å². The molecule has 160 valence electrons. The molecule has 0 bridgehead atoms. The number of likely N-dealkylation sites (N-methyl/N-ethyl adjacent to an activating group) is 1. The summed E-state index contributed by atoms with van der Waals surface area (Å²) in [5, 5.41) is 4.83. The van der Waals surface area contributed by atoms with Gasteiger partial charge in [-0.3, -0.25) is 4.79 Å².